The van der Waals surface area contributed by atoms with Crippen LogP contribution in [0.3, 0.4) is 0 Å². The predicted molar refractivity (Wildman–Crippen MR) is 156 cm³/mol. The number of nitrogens with zero attached hydrogens (tertiary/aromatic N) is 3. The Hall–Kier alpha value is -2.96. The highest BCUT2D eigenvalue weighted by Crippen LogP contribution is 2.69. The van der Waals surface area contributed by atoms with Crippen molar-refractivity contribution < 1.29 is 23.8 Å². The van der Waals surface area contributed by atoms with Crippen LogP contribution >= 0.6 is 11.8 Å². The summed E-state index contributed by atoms with van der Waals surface area (Å²) in [5, 5.41) is 25.6. The molecule has 220 valence electrons. The highest BCUT2D eigenvalue weighted by atomic mass is 32.2. The van der Waals surface area contributed by atoms with Gasteiger partial charge in [0.05, 0.1) is 41.4 Å². The Kier molecular flexibility index (Phi) is 6.49. The molecule has 9 heteroatoms. The first-order valence-corrected chi connectivity index (χ1v) is 16.1. The van der Waals surface area contributed by atoms with Gasteiger partial charge in [-0.2, -0.15) is 10.4 Å². The van der Waals surface area contributed by atoms with E-state index in [-0.39, 0.29) is 51.7 Å². The number of allylic oxidation sites excluding steroid dienone is 1. The molecule has 42 heavy (non-hydrogen) atoms. The second-order valence-electron chi connectivity index (χ2n) is 13.5. The molecule has 7 rings (SSSR count). The van der Waals surface area contributed by atoms with Crippen LogP contribution in [0.1, 0.15) is 70.1 Å². The zero-order valence-corrected chi connectivity index (χ0v) is 24.8. The lowest BCUT2D eigenvalue weighted by Gasteiger charge is -2.60. The summed E-state index contributed by atoms with van der Waals surface area (Å²) in [4.78, 5) is 26.9. The highest BCUT2D eigenvalue weighted by molar-refractivity contribution is 8.14. The number of aliphatic hydroxyl groups is 1. The molecule has 0 unspecified atom stereocenters. The molecule has 0 aliphatic heterocycles. The Bertz CT molecular complexity index is 1530. The van der Waals surface area contributed by atoms with Crippen LogP contribution in [0.5, 0.6) is 0 Å². The molecule has 0 spiro atoms. The van der Waals surface area contributed by atoms with Crippen LogP contribution in [-0.2, 0) is 20.7 Å². The third kappa shape index (κ3) is 3.97. The number of aliphatic hydroxyl groups excluding tert-OH is 1. The summed E-state index contributed by atoms with van der Waals surface area (Å²) in [6.45, 7) is 4.32. The number of aromatic nitrogens is 2. The summed E-state index contributed by atoms with van der Waals surface area (Å²) in [6, 6.07) is 8.40. The fourth-order valence-corrected chi connectivity index (χ4v) is 10.1. The molecule has 0 radical (unpaired) electrons. The van der Waals surface area contributed by atoms with E-state index in [1.54, 1.807) is 12.1 Å². The number of thioether (sulfide) groups is 1. The zero-order valence-electron chi connectivity index (χ0n) is 24.0. The average Bonchev–Trinajstić information content (AvgIpc) is 3.68. The minimum atomic E-state index is -1.32. The number of esters is 1. The van der Waals surface area contributed by atoms with Gasteiger partial charge in [0.25, 0.3) is 0 Å². The van der Waals surface area contributed by atoms with Gasteiger partial charge in [0, 0.05) is 5.41 Å². The Morgan fingerprint density at radius 2 is 1.98 bits per heavy atom. The van der Waals surface area contributed by atoms with Crippen molar-refractivity contribution in [1.29, 1.82) is 5.26 Å². The van der Waals surface area contributed by atoms with Crippen molar-refractivity contribution in [2.24, 2.45) is 34.5 Å². The van der Waals surface area contributed by atoms with Crippen molar-refractivity contribution in [1.82, 2.24) is 9.78 Å². The number of ether oxygens (including phenoxy) is 1. The standard InChI is InChI=1S/C33H36FN3O4S/c1-31-16-20-18-36-37(23-8-6-22(34)7-9-23)26(20)15-21(31)5-10-24-25-11-12-33(30(40)42-14-13-35,41-29(39)19-3-4-19)32(25,2)17-27(38)28(24)31/h6-9,15,18-19,24-25,27-28,38H,3-5,10-12,14,16-17H2,1-2H3/t24-,25-,27-,28+,31-,32-,33-/m0/s1. The van der Waals surface area contributed by atoms with Gasteiger partial charge < -0.3 is 9.84 Å². The molecule has 0 amide bonds. The second-order valence-corrected chi connectivity index (χ2v) is 14.5. The molecule has 0 saturated heterocycles. The monoisotopic (exact) mass is 589 g/mol. The van der Waals surface area contributed by atoms with Gasteiger partial charge in [0.1, 0.15) is 5.82 Å². The van der Waals surface area contributed by atoms with Gasteiger partial charge in [-0.1, -0.05) is 31.2 Å². The lowest BCUT2D eigenvalue weighted by Crippen LogP contribution is -2.62. The number of hydrogen-bond donors (Lipinski definition) is 1. The molecule has 4 fully saturated rings. The fourth-order valence-electron chi connectivity index (χ4n) is 9.29. The number of carbonyl (C=O) groups excluding carboxylic acids is 2. The quantitative estimate of drug-likeness (QED) is 0.450. The van der Waals surface area contributed by atoms with Gasteiger partial charge in [-0.05, 0) is 110 Å². The van der Waals surface area contributed by atoms with Crippen LogP contribution in [0, 0.1) is 51.6 Å². The molecular formula is C33H36FN3O4S. The summed E-state index contributed by atoms with van der Waals surface area (Å²) in [6.07, 6.45) is 9.09. The maximum atomic E-state index is 13.8. The summed E-state index contributed by atoms with van der Waals surface area (Å²) >= 11 is 0.944. The van der Waals surface area contributed by atoms with Crippen molar-refractivity contribution in [2.45, 2.75) is 76.9 Å². The Balaban J connectivity index is 1.22. The number of halogens is 1. The first kappa shape index (κ1) is 27.8. The third-order valence-corrected chi connectivity index (χ3v) is 12.3. The van der Waals surface area contributed by atoms with Crippen molar-refractivity contribution >= 4 is 28.9 Å². The summed E-state index contributed by atoms with van der Waals surface area (Å²) in [5.74, 6) is -0.445. The molecule has 1 N–H and O–H groups in total. The molecule has 5 aliphatic carbocycles. The number of benzene rings is 1. The fraction of sp³-hybridized carbons (Fsp3) is 0.576. The van der Waals surface area contributed by atoms with Crippen molar-refractivity contribution in [2.75, 3.05) is 5.75 Å². The molecule has 2 aromatic rings. The summed E-state index contributed by atoms with van der Waals surface area (Å²) in [7, 11) is 0. The lowest BCUT2D eigenvalue weighted by molar-refractivity contribution is -0.197. The average molecular weight is 590 g/mol. The van der Waals surface area contributed by atoms with E-state index in [0.717, 1.165) is 67.2 Å². The minimum Gasteiger partial charge on any atom is -0.449 e. The van der Waals surface area contributed by atoms with E-state index in [0.29, 0.717) is 12.8 Å². The van der Waals surface area contributed by atoms with E-state index in [9.17, 15) is 24.3 Å². The first-order valence-electron chi connectivity index (χ1n) is 15.1. The van der Waals surface area contributed by atoms with Gasteiger partial charge in [-0.15, -0.1) is 0 Å². The molecular weight excluding hydrogens is 553 g/mol. The number of nitriles is 1. The molecule has 1 heterocycles. The van der Waals surface area contributed by atoms with E-state index in [1.807, 2.05) is 16.9 Å². The minimum absolute atomic E-state index is 0.00491. The smallest absolute Gasteiger partial charge is 0.309 e. The Morgan fingerprint density at radius 3 is 2.69 bits per heavy atom. The third-order valence-electron chi connectivity index (χ3n) is 11.4. The SMILES string of the molecule is C[C@]12Cc3cnn(-c4ccc(F)cc4)c3C=C1CC[C@@H]1[C@@H]2[C@@H](O)C[C@@]2(C)[C@H]1CC[C@]2(OC(=O)C1CC1)C(=O)SCC#N. The van der Waals surface area contributed by atoms with Crippen molar-refractivity contribution in [3.05, 3.63) is 53.1 Å². The van der Waals surface area contributed by atoms with E-state index in [4.69, 9.17) is 4.74 Å². The molecule has 7 nitrogen and oxygen atoms in total. The van der Waals surface area contributed by atoms with E-state index in [2.05, 4.69) is 25.0 Å². The van der Waals surface area contributed by atoms with Crippen LogP contribution in [0.25, 0.3) is 11.8 Å². The number of fused-ring (bicyclic) bond motifs is 6. The first-order chi connectivity index (χ1) is 20.1. The van der Waals surface area contributed by atoms with Crippen LogP contribution < -0.4 is 0 Å². The van der Waals surface area contributed by atoms with Crippen LogP contribution in [0.2, 0.25) is 0 Å². The Morgan fingerprint density at radius 1 is 1.21 bits per heavy atom. The molecule has 0 bridgehead atoms. The summed E-state index contributed by atoms with van der Waals surface area (Å²) < 4.78 is 21.7. The number of carbonyl (C=O) groups is 2. The largest absolute Gasteiger partial charge is 0.449 e. The van der Waals surface area contributed by atoms with Gasteiger partial charge in [0.15, 0.2) is 5.60 Å². The Labute approximate surface area is 249 Å². The van der Waals surface area contributed by atoms with Gasteiger partial charge in [-0.3, -0.25) is 9.59 Å². The van der Waals surface area contributed by atoms with Crippen LogP contribution in [0.4, 0.5) is 4.39 Å². The zero-order chi connectivity index (χ0) is 29.4. The number of hydrogen-bond acceptors (Lipinski definition) is 7. The molecule has 4 saturated carbocycles. The molecule has 7 atom stereocenters. The van der Waals surface area contributed by atoms with Crippen molar-refractivity contribution in [3.8, 4) is 11.8 Å². The number of rotatable bonds is 5. The van der Waals surface area contributed by atoms with Crippen molar-refractivity contribution in [3.63, 3.8) is 0 Å². The van der Waals surface area contributed by atoms with Crippen LogP contribution in [0.15, 0.2) is 36.0 Å². The molecule has 1 aromatic heterocycles. The highest BCUT2D eigenvalue weighted by Gasteiger charge is 2.71. The maximum Gasteiger partial charge on any atom is 0.309 e. The van der Waals surface area contributed by atoms with Gasteiger partial charge >= 0.3 is 5.97 Å². The molecule has 5 aliphatic rings. The van der Waals surface area contributed by atoms with E-state index >= 15 is 0 Å². The van der Waals surface area contributed by atoms with Gasteiger partial charge in [-0.25, -0.2) is 9.07 Å². The van der Waals surface area contributed by atoms with E-state index in [1.165, 1.54) is 17.7 Å². The molecule has 1 aromatic carbocycles. The predicted octanol–water partition coefficient (Wildman–Crippen LogP) is 5.64. The van der Waals surface area contributed by atoms with E-state index < -0.39 is 17.1 Å². The summed E-state index contributed by atoms with van der Waals surface area (Å²) in [5.41, 5.74) is 1.92. The normalized spacial score (nSPS) is 36.5. The lowest BCUT2D eigenvalue weighted by atomic mass is 9.45. The maximum absolute atomic E-state index is 13.8. The van der Waals surface area contributed by atoms with Gasteiger partial charge in [0.2, 0.25) is 5.12 Å². The topological polar surface area (TPSA) is 105 Å². The second kappa shape index (κ2) is 9.78. The van der Waals surface area contributed by atoms with Crippen LogP contribution in [-0.4, -0.2) is 43.4 Å².